The number of amides is 1. The van der Waals surface area contributed by atoms with E-state index in [2.05, 4.69) is 31.4 Å². The molecule has 5 nitrogen and oxygen atoms in total. The molecule has 2 N–H and O–H groups in total. The number of carbonyl (C=O) groups is 1. The van der Waals surface area contributed by atoms with Crippen LogP contribution < -0.4 is 20.1 Å². The van der Waals surface area contributed by atoms with E-state index in [0.29, 0.717) is 11.3 Å². The summed E-state index contributed by atoms with van der Waals surface area (Å²) in [6.07, 6.45) is 8.20. The average Bonchev–Trinajstić information content (AvgIpc) is 3.35. The Morgan fingerprint density at radius 1 is 1.23 bits per heavy atom. The Hall–Kier alpha value is -2.47. The molecule has 1 amide bonds. The van der Waals surface area contributed by atoms with Gasteiger partial charge in [-0.15, -0.1) is 11.3 Å². The Labute approximate surface area is 181 Å². The van der Waals surface area contributed by atoms with E-state index in [9.17, 15) is 4.79 Å². The summed E-state index contributed by atoms with van der Waals surface area (Å²) in [6.45, 7) is 7.29. The molecule has 2 atom stereocenters. The second kappa shape index (κ2) is 7.34. The number of thiophene rings is 1. The van der Waals surface area contributed by atoms with Crippen molar-refractivity contribution in [2.45, 2.75) is 52.6 Å². The van der Waals surface area contributed by atoms with E-state index in [4.69, 9.17) is 9.47 Å². The number of benzene rings is 1. The van der Waals surface area contributed by atoms with Crippen molar-refractivity contribution in [3.05, 3.63) is 45.8 Å². The van der Waals surface area contributed by atoms with E-state index in [0.717, 1.165) is 46.9 Å². The molecule has 6 heteroatoms. The highest BCUT2D eigenvalue weighted by atomic mass is 32.1. The van der Waals surface area contributed by atoms with Crippen LogP contribution in [0.5, 0.6) is 11.5 Å². The molecule has 0 spiro atoms. The number of fused-ring (bicyclic) bond motifs is 4. The maximum atomic E-state index is 12.9. The number of rotatable bonds is 4. The van der Waals surface area contributed by atoms with Gasteiger partial charge in [0.2, 0.25) is 6.79 Å². The Morgan fingerprint density at radius 2 is 2.07 bits per heavy atom. The molecule has 1 aromatic carbocycles. The van der Waals surface area contributed by atoms with Gasteiger partial charge >= 0.3 is 0 Å². The van der Waals surface area contributed by atoms with Crippen molar-refractivity contribution < 1.29 is 14.3 Å². The lowest BCUT2D eigenvalue weighted by Crippen LogP contribution is -2.43. The van der Waals surface area contributed by atoms with E-state index in [-0.39, 0.29) is 18.9 Å². The van der Waals surface area contributed by atoms with Crippen molar-refractivity contribution >= 4 is 28.3 Å². The molecule has 0 saturated heterocycles. The second-order valence-corrected chi connectivity index (χ2v) is 10.2. The van der Waals surface area contributed by atoms with Crippen LogP contribution in [-0.2, 0) is 12.8 Å². The Bertz CT molecular complexity index is 1020. The monoisotopic (exact) mass is 424 g/mol. The van der Waals surface area contributed by atoms with Gasteiger partial charge in [0.15, 0.2) is 11.5 Å². The first-order valence-corrected chi connectivity index (χ1v) is 11.6. The summed E-state index contributed by atoms with van der Waals surface area (Å²) >= 11 is 1.77. The van der Waals surface area contributed by atoms with Crippen molar-refractivity contribution in [1.29, 1.82) is 0 Å². The molecule has 30 heavy (non-hydrogen) atoms. The number of hydrogen-bond acceptors (Lipinski definition) is 5. The second-order valence-electron chi connectivity index (χ2n) is 9.06. The maximum Gasteiger partial charge on any atom is 0.256 e. The van der Waals surface area contributed by atoms with Crippen molar-refractivity contribution in [1.82, 2.24) is 5.32 Å². The fourth-order valence-electron chi connectivity index (χ4n) is 4.59. The van der Waals surface area contributed by atoms with Crippen LogP contribution in [0.3, 0.4) is 0 Å². The van der Waals surface area contributed by atoms with Gasteiger partial charge in [0, 0.05) is 4.88 Å². The van der Waals surface area contributed by atoms with Gasteiger partial charge in [-0.25, -0.2) is 0 Å². The van der Waals surface area contributed by atoms with Crippen LogP contribution in [0.1, 0.15) is 60.0 Å². The Kier molecular flexibility index (Phi) is 4.77. The van der Waals surface area contributed by atoms with Crippen LogP contribution in [0, 0.1) is 11.3 Å². The van der Waals surface area contributed by atoms with E-state index in [1.165, 1.54) is 16.9 Å². The fraction of sp³-hybridized carbons (Fsp3) is 0.458. The SMILES string of the molecule is CCC(C)(C)[C@@H]1CCc2c(sc3c2C(=O)N[C@@H](/C=C/c2ccc4c(c2)OCO4)N3)C1. The molecule has 0 radical (unpaired) electrons. The van der Waals surface area contributed by atoms with Crippen LogP contribution in [-0.4, -0.2) is 18.9 Å². The smallest absolute Gasteiger partial charge is 0.256 e. The number of anilines is 1. The van der Waals surface area contributed by atoms with Crippen LogP contribution in [0.2, 0.25) is 0 Å². The minimum Gasteiger partial charge on any atom is -0.454 e. The van der Waals surface area contributed by atoms with Crippen LogP contribution in [0.15, 0.2) is 24.3 Å². The van der Waals surface area contributed by atoms with Gasteiger partial charge in [0.1, 0.15) is 11.2 Å². The maximum absolute atomic E-state index is 12.9. The van der Waals surface area contributed by atoms with E-state index in [1.807, 2.05) is 30.4 Å². The lowest BCUT2D eigenvalue weighted by molar-refractivity contribution is 0.0942. The standard InChI is InChI=1S/C24H28N2O3S/c1-4-24(2,3)15-7-8-16-19(12-15)30-23-21(16)22(27)25-20(26-23)10-6-14-5-9-17-18(11-14)29-13-28-17/h5-6,9-11,15,20,26H,4,7-8,12-13H2,1-3H3,(H,25,27)/b10-6+/t15-,20-/m1/s1. The average molecular weight is 425 g/mol. The molecule has 3 heterocycles. The number of ether oxygens (including phenoxy) is 2. The highest BCUT2D eigenvalue weighted by Crippen LogP contribution is 2.46. The molecule has 0 unspecified atom stereocenters. The molecule has 158 valence electrons. The van der Waals surface area contributed by atoms with Gasteiger partial charge in [0.05, 0.1) is 5.56 Å². The quantitative estimate of drug-likeness (QED) is 0.707. The lowest BCUT2D eigenvalue weighted by Gasteiger charge is -2.36. The summed E-state index contributed by atoms with van der Waals surface area (Å²) in [5.74, 6) is 2.25. The zero-order chi connectivity index (χ0) is 20.9. The first kappa shape index (κ1) is 19.5. The number of nitrogens with one attached hydrogen (secondary N) is 2. The van der Waals surface area contributed by atoms with Crippen LogP contribution >= 0.6 is 11.3 Å². The molecule has 2 aliphatic heterocycles. The fourth-order valence-corrected chi connectivity index (χ4v) is 5.96. The molecular formula is C24H28N2O3S. The highest BCUT2D eigenvalue weighted by molar-refractivity contribution is 7.16. The topological polar surface area (TPSA) is 59.6 Å². The third-order valence-corrected chi connectivity index (χ3v) is 8.15. The molecule has 3 aliphatic rings. The Balaban J connectivity index is 1.34. The van der Waals surface area contributed by atoms with E-state index < -0.39 is 0 Å². The molecule has 2 aromatic rings. The summed E-state index contributed by atoms with van der Waals surface area (Å²) in [4.78, 5) is 14.3. The minimum atomic E-state index is -0.224. The van der Waals surface area contributed by atoms with Gasteiger partial charge in [0.25, 0.3) is 5.91 Å². The van der Waals surface area contributed by atoms with Crippen LogP contribution in [0.4, 0.5) is 5.00 Å². The van der Waals surface area contributed by atoms with E-state index in [1.54, 1.807) is 11.3 Å². The summed E-state index contributed by atoms with van der Waals surface area (Å²) in [5.41, 5.74) is 3.49. The van der Waals surface area contributed by atoms with E-state index >= 15 is 0 Å². The molecule has 5 rings (SSSR count). The van der Waals surface area contributed by atoms with Gasteiger partial charge < -0.3 is 20.1 Å². The molecular weight excluding hydrogens is 396 g/mol. The molecule has 1 aromatic heterocycles. The molecule has 0 fully saturated rings. The van der Waals surface area contributed by atoms with Gasteiger partial charge in [-0.05, 0) is 59.9 Å². The zero-order valence-electron chi connectivity index (χ0n) is 17.7. The minimum absolute atomic E-state index is 0.0368. The Morgan fingerprint density at radius 3 is 2.90 bits per heavy atom. The zero-order valence-corrected chi connectivity index (χ0v) is 18.5. The summed E-state index contributed by atoms with van der Waals surface area (Å²) < 4.78 is 10.8. The van der Waals surface area contributed by atoms with Crippen LogP contribution in [0.25, 0.3) is 6.08 Å². The molecule has 0 bridgehead atoms. The van der Waals surface area contributed by atoms with Crippen molar-refractivity contribution in [2.24, 2.45) is 11.3 Å². The predicted octanol–water partition coefficient (Wildman–Crippen LogP) is 5.21. The first-order valence-electron chi connectivity index (χ1n) is 10.7. The van der Waals surface area contributed by atoms with Gasteiger partial charge in [-0.2, -0.15) is 0 Å². The lowest BCUT2D eigenvalue weighted by atomic mass is 9.69. The third kappa shape index (κ3) is 3.37. The summed E-state index contributed by atoms with van der Waals surface area (Å²) in [6, 6.07) is 5.85. The molecule has 1 aliphatic carbocycles. The predicted molar refractivity (Wildman–Crippen MR) is 120 cm³/mol. The number of hydrogen-bond donors (Lipinski definition) is 2. The summed E-state index contributed by atoms with van der Waals surface area (Å²) in [5, 5.41) is 7.63. The third-order valence-electron chi connectivity index (χ3n) is 6.96. The van der Waals surface area contributed by atoms with Crippen molar-refractivity contribution in [3.63, 3.8) is 0 Å². The highest BCUT2D eigenvalue weighted by Gasteiger charge is 2.36. The van der Waals surface area contributed by atoms with Crippen molar-refractivity contribution in [2.75, 3.05) is 12.1 Å². The number of carbonyl (C=O) groups excluding carboxylic acids is 1. The first-order chi connectivity index (χ1) is 14.4. The van der Waals surface area contributed by atoms with Gasteiger partial charge in [-0.3, -0.25) is 4.79 Å². The normalized spacial score (nSPS) is 22.4. The molecule has 0 saturated carbocycles. The summed E-state index contributed by atoms with van der Waals surface area (Å²) in [7, 11) is 0. The van der Waals surface area contributed by atoms with Gasteiger partial charge in [-0.1, -0.05) is 39.3 Å². The largest absolute Gasteiger partial charge is 0.454 e. The van der Waals surface area contributed by atoms with Crippen molar-refractivity contribution in [3.8, 4) is 11.5 Å².